The number of aryl methyl sites for hydroxylation is 1. The average Bonchev–Trinajstić information content (AvgIpc) is 3.31. The molecule has 166 valence electrons. The predicted octanol–water partition coefficient (Wildman–Crippen LogP) is 5.08. The molecular weight excluding hydrogens is 420 g/mol. The van der Waals surface area contributed by atoms with Gasteiger partial charge < -0.3 is 25.8 Å². The Balaban J connectivity index is 1.65. The lowest BCUT2D eigenvalue weighted by molar-refractivity contribution is 0.356. The summed E-state index contributed by atoms with van der Waals surface area (Å²) >= 11 is 1.64. The Labute approximate surface area is 192 Å². The number of hydrogen-bond donors (Lipinski definition) is 3. The van der Waals surface area contributed by atoms with Crippen molar-refractivity contribution >= 4 is 27.9 Å². The molecule has 0 radical (unpaired) electrons. The number of nitrogens with one attached hydrogen (secondary N) is 2. The molecule has 0 unspecified atom stereocenters. The third-order valence-electron chi connectivity index (χ3n) is 5.51. The molecule has 4 aromatic rings. The molecule has 0 aliphatic carbocycles. The maximum atomic E-state index is 6.56. The molecule has 0 saturated heterocycles. The first-order chi connectivity index (χ1) is 15.5. The van der Waals surface area contributed by atoms with Crippen LogP contribution in [0, 0.1) is 6.92 Å². The van der Waals surface area contributed by atoms with Crippen molar-refractivity contribution < 1.29 is 9.47 Å². The Hall–Kier alpha value is -3.13. The number of fused-ring (bicyclic) bond motifs is 1. The summed E-state index contributed by atoms with van der Waals surface area (Å²) in [6.07, 6.45) is 1.45. The number of benzene rings is 2. The lowest BCUT2D eigenvalue weighted by Crippen LogP contribution is -2.19. The van der Waals surface area contributed by atoms with Crippen LogP contribution in [-0.4, -0.2) is 26.3 Å². The van der Waals surface area contributed by atoms with Crippen molar-refractivity contribution in [3.8, 4) is 22.6 Å². The quantitative estimate of drug-likeness (QED) is 0.326. The summed E-state index contributed by atoms with van der Waals surface area (Å²) in [4.78, 5) is 5.65. The third kappa shape index (κ3) is 4.27. The summed E-state index contributed by atoms with van der Waals surface area (Å²) < 4.78 is 11.0. The number of pyridine rings is 1. The van der Waals surface area contributed by atoms with E-state index in [1.54, 1.807) is 25.6 Å². The molecule has 0 aliphatic heterocycles. The molecule has 0 spiro atoms. The maximum Gasteiger partial charge on any atom is 0.161 e. The minimum absolute atomic E-state index is 0.392. The zero-order valence-corrected chi connectivity index (χ0v) is 19.5. The number of rotatable bonds is 8. The molecule has 7 heteroatoms. The van der Waals surface area contributed by atoms with Gasteiger partial charge in [-0.1, -0.05) is 24.3 Å². The van der Waals surface area contributed by atoms with Crippen LogP contribution in [0.4, 0.5) is 5.82 Å². The maximum absolute atomic E-state index is 6.56. The molecule has 0 fully saturated rings. The lowest BCUT2D eigenvalue weighted by Gasteiger charge is -2.17. The Morgan fingerprint density at radius 1 is 1.06 bits per heavy atom. The van der Waals surface area contributed by atoms with Crippen molar-refractivity contribution in [2.75, 3.05) is 26.6 Å². The largest absolute Gasteiger partial charge is 0.493 e. The van der Waals surface area contributed by atoms with Gasteiger partial charge in [0.1, 0.15) is 12.0 Å². The molecule has 2 heterocycles. The van der Waals surface area contributed by atoms with Gasteiger partial charge in [0.05, 0.1) is 14.2 Å². The van der Waals surface area contributed by atoms with Crippen LogP contribution in [-0.2, 0) is 6.54 Å². The summed E-state index contributed by atoms with van der Waals surface area (Å²) in [7, 11) is 5.22. The fraction of sp³-hybridized carbons (Fsp3) is 0.240. The Morgan fingerprint density at radius 3 is 2.50 bits per heavy atom. The second-order valence-electron chi connectivity index (χ2n) is 7.59. The van der Waals surface area contributed by atoms with Crippen LogP contribution in [0.1, 0.15) is 22.2 Å². The smallest absolute Gasteiger partial charge is 0.161 e. The van der Waals surface area contributed by atoms with Gasteiger partial charge in [0.2, 0.25) is 0 Å². The summed E-state index contributed by atoms with van der Waals surface area (Å²) in [5.41, 5.74) is 11.3. The Morgan fingerprint density at radius 2 is 1.78 bits per heavy atom. The topological polar surface area (TPSA) is 81.4 Å². The van der Waals surface area contributed by atoms with Crippen molar-refractivity contribution in [2.24, 2.45) is 5.73 Å². The van der Waals surface area contributed by atoms with Crippen LogP contribution < -0.4 is 25.8 Å². The molecule has 0 amide bonds. The summed E-state index contributed by atoms with van der Waals surface area (Å²) in [5.74, 6) is 2.06. The summed E-state index contributed by atoms with van der Waals surface area (Å²) in [5, 5.41) is 10.8. The number of anilines is 1. The number of thiophene rings is 1. The first-order valence-electron chi connectivity index (χ1n) is 10.4. The van der Waals surface area contributed by atoms with Gasteiger partial charge in [-0.15, -0.1) is 11.3 Å². The fourth-order valence-electron chi connectivity index (χ4n) is 3.84. The average molecular weight is 449 g/mol. The highest BCUT2D eigenvalue weighted by atomic mass is 32.1. The van der Waals surface area contributed by atoms with Gasteiger partial charge in [-0.2, -0.15) is 0 Å². The van der Waals surface area contributed by atoms with E-state index in [-0.39, 0.29) is 0 Å². The minimum Gasteiger partial charge on any atom is -0.493 e. The Bertz CT molecular complexity index is 1240. The SMILES string of the molecule is CNCc1ccccc1-c1csc([C@@H](N)Nc2ncc(C)c3cc(OC)c(OC)cc23)c1. The van der Waals surface area contributed by atoms with Gasteiger partial charge in [-0.3, -0.25) is 0 Å². The highest BCUT2D eigenvalue weighted by molar-refractivity contribution is 7.10. The van der Waals surface area contributed by atoms with E-state index in [0.29, 0.717) is 17.3 Å². The molecule has 0 saturated carbocycles. The second kappa shape index (κ2) is 9.56. The standard InChI is InChI=1S/C25H28N4O2S/c1-15-12-28-25(20-11-22(31-4)21(30-3)10-19(15)20)29-24(26)23-9-17(14-32-23)18-8-6-5-7-16(18)13-27-2/h5-12,14,24,27H,13,26H2,1-4H3,(H,28,29)/t24-/m0/s1. The predicted molar refractivity (Wildman–Crippen MR) is 133 cm³/mol. The molecule has 32 heavy (non-hydrogen) atoms. The number of methoxy groups -OCH3 is 2. The normalized spacial score (nSPS) is 12.0. The highest BCUT2D eigenvalue weighted by Crippen LogP contribution is 2.37. The van der Waals surface area contributed by atoms with E-state index >= 15 is 0 Å². The zero-order valence-electron chi connectivity index (χ0n) is 18.7. The minimum atomic E-state index is -0.392. The molecular formula is C25H28N4O2S. The van der Waals surface area contributed by atoms with E-state index in [9.17, 15) is 0 Å². The highest BCUT2D eigenvalue weighted by Gasteiger charge is 2.16. The van der Waals surface area contributed by atoms with E-state index in [1.165, 1.54) is 16.7 Å². The van der Waals surface area contributed by atoms with E-state index in [2.05, 4.69) is 51.3 Å². The van der Waals surface area contributed by atoms with Crippen molar-refractivity contribution in [1.29, 1.82) is 0 Å². The lowest BCUT2D eigenvalue weighted by atomic mass is 10.0. The number of hydrogen-bond acceptors (Lipinski definition) is 7. The fourth-order valence-corrected chi connectivity index (χ4v) is 4.70. The van der Waals surface area contributed by atoms with Gasteiger partial charge in [-0.25, -0.2) is 4.98 Å². The Kier molecular flexibility index (Phi) is 6.60. The molecule has 0 bridgehead atoms. The molecule has 2 aromatic heterocycles. The van der Waals surface area contributed by atoms with E-state index in [4.69, 9.17) is 15.2 Å². The van der Waals surface area contributed by atoms with Gasteiger partial charge in [0, 0.05) is 23.0 Å². The van der Waals surface area contributed by atoms with Crippen LogP contribution in [0.2, 0.25) is 0 Å². The molecule has 0 aliphatic rings. The second-order valence-corrected chi connectivity index (χ2v) is 8.53. The van der Waals surface area contributed by atoms with Gasteiger partial charge in [0.15, 0.2) is 11.5 Å². The van der Waals surface area contributed by atoms with Crippen LogP contribution in [0.15, 0.2) is 54.0 Å². The van der Waals surface area contributed by atoms with Crippen LogP contribution in [0.5, 0.6) is 11.5 Å². The van der Waals surface area contributed by atoms with Crippen molar-refractivity contribution in [3.05, 3.63) is 70.0 Å². The summed E-state index contributed by atoms with van der Waals surface area (Å²) in [6.45, 7) is 2.84. The van der Waals surface area contributed by atoms with Crippen molar-refractivity contribution in [3.63, 3.8) is 0 Å². The zero-order chi connectivity index (χ0) is 22.7. The molecule has 4 N–H and O–H groups in total. The number of nitrogens with zero attached hydrogens (tertiary/aromatic N) is 1. The van der Waals surface area contributed by atoms with Crippen molar-refractivity contribution in [2.45, 2.75) is 19.6 Å². The number of ether oxygens (including phenoxy) is 2. The monoisotopic (exact) mass is 448 g/mol. The van der Waals surface area contributed by atoms with E-state index in [1.807, 2.05) is 32.3 Å². The van der Waals surface area contributed by atoms with Crippen LogP contribution >= 0.6 is 11.3 Å². The first kappa shape index (κ1) is 22.1. The van der Waals surface area contributed by atoms with E-state index < -0.39 is 6.17 Å². The number of nitrogens with two attached hydrogens (primary N) is 1. The van der Waals surface area contributed by atoms with Gasteiger partial charge in [0.25, 0.3) is 0 Å². The molecule has 4 rings (SSSR count). The van der Waals surface area contributed by atoms with E-state index in [0.717, 1.165) is 27.8 Å². The van der Waals surface area contributed by atoms with Crippen LogP contribution in [0.25, 0.3) is 21.9 Å². The van der Waals surface area contributed by atoms with Crippen LogP contribution in [0.3, 0.4) is 0 Å². The molecule has 6 nitrogen and oxygen atoms in total. The van der Waals surface area contributed by atoms with Gasteiger partial charge in [-0.05, 0) is 65.2 Å². The van der Waals surface area contributed by atoms with Crippen molar-refractivity contribution in [1.82, 2.24) is 10.3 Å². The third-order valence-corrected chi connectivity index (χ3v) is 6.52. The molecule has 2 aromatic carbocycles. The number of aromatic nitrogens is 1. The molecule has 1 atom stereocenters. The van der Waals surface area contributed by atoms with Gasteiger partial charge >= 0.3 is 0 Å². The summed E-state index contributed by atoms with van der Waals surface area (Å²) in [6, 6.07) is 14.5. The first-order valence-corrected chi connectivity index (χ1v) is 11.3.